The summed E-state index contributed by atoms with van der Waals surface area (Å²) in [6.45, 7) is -0.843. The lowest BCUT2D eigenvalue weighted by molar-refractivity contribution is -0.140. The summed E-state index contributed by atoms with van der Waals surface area (Å²) in [5, 5.41) is 6.07. The number of halogens is 4. The molecule has 0 aliphatic carbocycles. The van der Waals surface area contributed by atoms with E-state index in [1.54, 1.807) is 24.4 Å². The highest BCUT2D eigenvalue weighted by Gasteiger charge is 2.34. The van der Waals surface area contributed by atoms with Gasteiger partial charge < -0.3 is 20.0 Å². The molecule has 17 heteroatoms. The van der Waals surface area contributed by atoms with Gasteiger partial charge in [-0.2, -0.15) is 18.2 Å². The number of nitrogens with one attached hydrogen (secondary N) is 1. The number of thiophene rings is 1. The molecule has 2 aromatic heterocycles. The van der Waals surface area contributed by atoms with Gasteiger partial charge in [-0.1, -0.05) is 6.07 Å². The maximum Gasteiger partial charge on any atom is 0.471 e. The summed E-state index contributed by atoms with van der Waals surface area (Å²) in [4.78, 5) is 49.0. The number of phosphoric ester groups is 1. The van der Waals surface area contributed by atoms with Gasteiger partial charge in [0.1, 0.15) is 17.5 Å². The Labute approximate surface area is 221 Å². The molecule has 0 bridgehead atoms. The van der Waals surface area contributed by atoms with Gasteiger partial charge in [0.05, 0.1) is 23.2 Å². The molecule has 0 aliphatic heterocycles. The van der Waals surface area contributed by atoms with E-state index in [1.807, 2.05) is 0 Å². The van der Waals surface area contributed by atoms with E-state index in [0.29, 0.717) is 22.7 Å². The molecule has 0 spiro atoms. The number of hydrogen-bond acceptors (Lipinski definition) is 7. The average molecular weight is 597 g/mol. The largest absolute Gasteiger partial charge is 0.471 e. The third-order valence-electron chi connectivity index (χ3n) is 4.99. The Hall–Kier alpha value is -2.88. The van der Waals surface area contributed by atoms with Gasteiger partial charge in [-0.3, -0.25) is 18.7 Å². The van der Waals surface area contributed by atoms with Crippen LogP contribution in [0.5, 0.6) is 0 Å². The number of phosphoric acid groups is 1. The van der Waals surface area contributed by atoms with Crippen LogP contribution in [0.2, 0.25) is 0 Å². The Morgan fingerprint density at radius 2 is 1.89 bits per heavy atom. The van der Waals surface area contributed by atoms with Crippen molar-refractivity contribution in [3.63, 3.8) is 0 Å². The lowest BCUT2D eigenvalue weighted by atomic mass is 10.1. The van der Waals surface area contributed by atoms with Crippen molar-refractivity contribution < 1.29 is 46.0 Å². The van der Waals surface area contributed by atoms with Gasteiger partial charge in [-0.05, 0) is 23.1 Å². The summed E-state index contributed by atoms with van der Waals surface area (Å²) in [6, 6.07) is 2.10. The number of anilines is 1. The molecule has 38 heavy (non-hydrogen) atoms. The van der Waals surface area contributed by atoms with Crippen LogP contribution in [-0.2, 0) is 33.2 Å². The monoisotopic (exact) mass is 596 g/mol. The second-order valence-corrected chi connectivity index (χ2v) is 10.8. The second-order valence-electron chi connectivity index (χ2n) is 7.87. The van der Waals surface area contributed by atoms with Crippen LogP contribution in [0, 0.1) is 5.82 Å². The minimum Gasteiger partial charge on any atom is -0.369 e. The molecular formula is C21H21F4N4O6PS2. The molecule has 10 nitrogen and oxygen atoms in total. The van der Waals surface area contributed by atoms with Gasteiger partial charge >= 0.3 is 14.0 Å². The van der Waals surface area contributed by atoms with Crippen molar-refractivity contribution >= 4 is 47.3 Å². The molecule has 3 rings (SSSR count). The maximum absolute atomic E-state index is 14.2. The highest BCUT2D eigenvalue weighted by Crippen LogP contribution is 2.37. The van der Waals surface area contributed by atoms with Crippen molar-refractivity contribution in [3.8, 4) is 11.3 Å². The summed E-state index contributed by atoms with van der Waals surface area (Å²) in [5.74, 6) is -2.70. The van der Waals surface area contributed by atoms with E-state index in [9.17, 15) is 31.7 Å². The zero-order chi connectivity index (χ0) is 28.4. The highest BCUT2D eigenvalue weighted by molar-refractivity contribution is 7.46. The van der Waals surface area contributed by atoms with E-state index in [2.05, 4.69) is 14.8 Å². The van der Waals surface area contributed by atoms with Crippen LogP contribution in [0.3, 0.4) is 0 Å². The first-order valence-corrected chi connectivity index (χ1v) is 13.7. The molecule has 0 fully saturated rings. The molecule has 0 saturated heterocycles. The molecule has 3 N–H and O–H groups in total. The van der Waals surface area contributed by atoms with Crippen LogP contribution in [0.15, 0.2) is 34.0 Å². The van der Waals surface area contributed by atoms with E-state index >= 15 is 0 Å². The standard InChI is InChI=1S/C21H21F4N4O6PS2/c1-26-18(31)17-12(8-37-19(17)28(2)3)7-16(30)27-20-29(10-35-36(32,33)34)15(9-38-20)11-4-5-13(14(22)6-11)21(23,24)25/h4-6,8-9H,7,10H2,1-3H3,(H,26,31)(H2,32,33,34). The van der Waals surface area contributed by atoms with Gasteiger partial charge in [0.15, 0.2) is 4.80 Å². The van der Waals surface area contributed by atoms with Gasteiger partial charge in [-0.25, -0.2) is 8.96 Å². The van der Waals surface area contributed by atoms with E-state index in [-0.39, 0.29) is 28.0 Å². The first kappa shape index (κ1) is 29.7. The number of nitrogens with zero attached hydrogens (tertiary/aromatic N) is 3. The Kier molecular flexibility index (Phi) is 8.96. The lowest BCUT2D eigenvalue weighted by Crippen LogP contribution is -2.23. The van der Waals surface area contributed by atoms with Gasteiger partial charge in [0, 0.05) is 32.1 Å². The molecule has 0 atom stereocenters. The zero-order valence-corrected chi connectivity index (χ0v) is 22.5. The fourth-order valence-electron chi connectivity index (χ4n) is 3.33. The Bertz CT molecular complexity index is 1470. The minimum atomic E-state index is -5.01. The topological polar surface area (TPSA) is 133 Å². The number of benzene rings is 1. The molecule has 2 heterocycles. The fraction of sp³-hybridized carbons (Fsp3) is 0.286. The zero-order valence-electron chi connectivity index (χ0n) is 19.9. The Morgan fingerprint density at radius 1 is 1.21 bits per heavy atom. The Balaban J connectivity index is 2.04. The highest BCUT2D eigenvalue weighted by atomic mass is 32.1. The van der Waals surface area contributed by atoms with Crippen LogP contribution in [-0.4, -0.2) is 47.3 Å². The predicted octanol–water partition coefficient (Wildman–Crippen LogP) is 3.60. The van der Waals surface area contributed by atoms with Crippen LogP contribution in [0.25, 0.3) is 11.3 Å². The van der Waals surface area contributed by atoms with E-state index in [1.165, 1.54) is 23.8 Å². The summed E-state index contributed by atoms with van der Waals surface area (Å²) in [7, 11) is -0.103. The number of carbonyl (C=O) groups excluding carboxylic acids is 2. The van der Waals surface area contributed by atoms with Crippen molar-refractivity contribution in [2.24, 2.45) is 4.99 Å². The molecule has 0 unspecified atom stereocenters. The van der Waals surface area contributed by atoms with E-state index in [0.717, 1.165) is 22.0 Å². The number of thiazole rings is 1. The van der Waals surface area contributed by atoms with E-state index < -0.39 is 43.9 Å². The number of rotatable bonds is 8. The van der Waals surface area contributed by atoms with Crippen LogP contribution >= 0.6 is 30.5 Å². The van der Waals surface area contributed by atoms with Crippen LogP contribution in [0.4, 0.5) is 22.6 Å². The van der Waals surface area contributed by atoms with Crippen molar-refractivity contribution in [2.45, 2.75) is 19.3 Å². The summed E-state index contributed by atoms with van der Waals surface area (Å²) in [5.41, 5.74) is -0.888. The number of carbonyl (C=O) groups is 2. The third kappa shape index (κ3) is 6.95. The number of alkyl halides is 3. The van der Waals surface area contributed by atoms with Crippen molar-refractivity contribution in [3.05, 3.63) is 56.3 Å². The number of aromatic nitrogens is 1. The number of hydrogen-bond donors (Lipinski definition) is 3. The molecule has 1 aromatic carbocycles. The molecule has 3 aromatic rings. The predicted molar refractivity (Wildman–Crippen MR) is 132 cm³/mol. The summed E-state index contributed by atoms with van der Waals surface area (Å²) >= 11 is 2.06. The normalized spacial score (nSPS) is 12.6. The molecular weight excluding hydrogens is 575 g/mol. The molecule has 0 saturated carbocycles. The fourth-order valence-corrected chi connectivity index (χ4v) is 5.52. The first-order valence-electron chi connectivity index (χ1n) is 10.4. The lowest BCUT2D eigenvalue weighted by Gasteiger charge is -2.13. The van der Waals surface area contributed by atoms with Crippen molar-refractivity contribution in [2.75, 3.05) is 26.0 Å². The summed E-state index contributed by atoms with van der Waals surface area (Å²) in [6.07, 6.45) is -5.22. The SMILES string of the molecule is CNC(=O)c1c(CC(=O)N=c2scc(-c3ccc(C(F)(F)F)c(F)c3)n2COP(=O)(O)O)csc1N(C)C. The Morgan fingerprint density at radius 3 is 2.45 bits per heavy atom. The van der Waals surface area contributed by atoms with Crippen molar-refractivity contribution in [1.82, 2.24) is 9.88 Å². The smallest absolute Gasteiger partial charge is 0.369 e. The van der Waals surface area contributed by atoms with Crippen LogP contribution < -0.4 is 15.0 Å². The number of amides is 2. The first-order chi connectivity index (χ1) is 17.6. The van der Waals surface area contributed by atoms with Crippen molar-refractivity contribution in [1.29, 1.82) is 0 Å². The maximum atomic E-state index is 14.2. The third-order valence-corrected chi connectivity index (χ3v) is 7.50. The molecule has 0 aliphatic rings. The average Bonchev–Trinajstić information content (AvgIpc) is 3.39. The quantitative estimate of drug-likeness (QED) is 0.267. The van der Waals surface area contributed by atoms with E-state index in [4.69, 9.17) is 9.79 Å². The van der Waals surface area contributed by atoms with Gasteiger partial charge in [-0.15, -0.1) is 22.7 Å². The molecule has 206 valence electrons. The second kappa shape index (κ2) is 11.5. The van der Waals surface area contributed by atoms with Crippen LogP contribution in [0.1, 0.15) is 21.5 Å². The summed E-state index contributed by atoms with van der Waals surface area (Å²) < 4.78 is 69.9. The van der Waals surface area contributed by atoms with Gasteiger partial charge in [0.25, 0.3) is 11.8 Å². The molecule has 2 amide bonds. The molecule has 0 radical (unpaired) electrons. The minimum absolute atomic E-state index is 0.000832. The van der Waals surface area contributed by atoms with Gasteiger partial charge in [0.2, 0.25) is 0 Å².